The number of carbonyl (C=O) groups is 1. The molecule has 2 aromatic heterocycles. The van der Waals surface area contributed by atoms with Gasteiger partial charge in [-0.25, -0.2) is 9.78 Å². The third-order valence-corrected chi connectivity index (χ3v) is 3.83. The van der Waals surface area contributed by atoms with E-state index in [1.807, 2.05) is 16.9 Å². The minimum Gasteiger partial charge on any atom is -0.478 e. The maximum Gasteiger partial charge on any atom is 0.337 e. The van der Waals surface area contributed by atoms with Crippen molar-refractivity contribution in [2.75, 3.05) is 0 Å². The summed E-state index contributed by atoms with van der Waals surface area (Å²) < 4.78 is 1.92. The number of hydrogen-bond donors (Lipinski definition) is 1. The van der Waals surface area contributed by atoms with Crippen molar-refractivity contribution in [1.29, 1.82) is 0 Å². The zero-order valence-electron chi connectivity index (χ0n) is 10.5. The summed E-state index contributed by atoms with van der Waals surface area (Å²) >= 11 is 1.67. The highest BCUT2D eigenvalue weighted by Crippen LogP contribution is 2.16. The van der Waals surface area contributed by atoms with Gasteiger partial charge >= 0.3 is 5.97 Å². The predicted molar refractivity (Wildman–Crippen MR) is 71.3 cm³/mol. The zero-order valence-corrected chi connectivity index (χ0v) is 11.3. The van der Waals surface area contributed by atoms with Crippen LogP contribution in [0.2, 0.25) is 0 Å². The van der Waals surface area contributed by atoms with Crippen LogP contribution in [0.5, 0.6) is 0 Å². The van der Waals surface area contributed by atoms with E-state index in [9.17, 15) is 4.79 Å². The fourth-order valence-electron chi connectivity index (χ4n) is 1.87. The molecule has 4 nitrogen and oxygen atoms in total. The normalized spacial score (nSPS) is 10.8. The van der Waals surface area contributed by atoms with Crippen molar-refractivity contribution in [2.45, 2.75) is 33.2 Å². The van der Waals surface area contributed by atoms with Crippen LogP contribution in [0.3, 0.4) is 0 Å². The van der Waals surface area contributed by atoms with Gasteiger partial charge in [0.25, 0.3) is 0 Å². The van der Waals surface area contributed by atoms with E-state index in [-0.39, 0.29) is 0 Å². The molecule has 2 rings (SSSR count). The molecular weight excluding hydrogens is 248 g/mol. The molecule has 0 saturated heterocycles. The van der Waals surface area contributed by atoms with E-state index in [2.05, 4.69) is 11.9 Å². The van der Waals surface area contributed by atoms with Gasteiger partial charge in [0.1, 0.15) is 0 Å². The van der Waals surface area contributed by atoms with Crippen LogP contribution in [0, 0.1) is 6.92 Å². The smallest absolute Gasteiger partial charge is 0.337 e. The lowest BCUT2D eigenvalue weighted by Gasteiger charge is -2.04. The fourth-order valence-corrected chi connectivity index (χ4v) is 2.76. The van der Waals surface area contributed by atoms with Crippen LogP contribution in [-0.4, -0.2) is 20.6 Å². The van der Waals surface area contributed by atoms with E-state index in [0.717, 1.165) is 29.2 Å². The Kier molecular flexibility index (Phi) is 3.81. The second-order valence-electron chi connectivity index (χ2n) is 4.23. The number of nitrogens with zero attached hydrogens (tertiary/aromatic N) is 2. The van der Waals surface area contributed by atoms with E-state index in [1.165, 1.54) is 0 Å². The Labute approximate surface area is 110 Å². The Bertz CT molecular complexity index is 557. The minimum atomic E-state index is -0.879. The van der Waals surface area contributed by atoms with Gasteiger partial charge in [0, 0.05) is 17.3 Å². The van der Waals surface area contributed by atoms with Crippen LogP contribution in [0.4, 0.5) is 0 Å². The average molecular weight is 264 g/mol. The van der Waals surface area contributed by atoms with Gasteiger partial charge in [-0.05, 0) is 25.8 Å². The van der Waals surface area contributed by atoms with E-state index < -0.39 is 5.97 Å². The van der Waals surface area contributed by atoms with Crippen molar-refractivity contribution >= 4 is 17.3 Å². The Morgan fingerprint density at radius 3 is 2.94 bits per heavy atom. The maximum absolute atomic E-state index is 10.9. The number of aryl methyl sites for hydroxylation is 1. The molecule has 0 spiro atoms. The van der Waals surface area contributed by atoms with Crippen molar-refractivity contribution in [3.05, 3.63) is 39.6 Å². The molecule has 0 saturated carbocycles. The van der Waals surface area contributed by atoms with Gasteiger partial charge in [-0.15, -0.1) is 11.3 Å². The van der Waals surface area contributed by atoms with Crippen LogP contribution in [0.25, 0.3) is 0 Å². The molecule has 96 valence electrons. The van der Waals surface area contributed by atoms with E-state index in [4.69, 9.17) is 5.11 Å². The maximum atomic E-state index is 10.9. The summed E-state index contributed by atoms with van der Waals surface area (Å²) in [6.07, 6.45) is 3.91. The molecule has 0 aromatic carbocycles. The molecule has 2 heterocycles. The van der Waals surface area contributed by atoms with Gasteiger partial charge in [-0.3, -0.25) is 0 Å². The van der Waals surface area contributed by atoms with Gasteiger partial charge in [-0.1, -0.05) is 6.92 Å². The summed E-state index contributed by atoms with van der Waals surface area (Å²) in [6, 6.07) is 1.64. The largest absolute Gasteiger partial charge is 0.478 e. The van der Waals surface area contributed by atoms with Crippen molar-refractivity contribution in [1.82, 2.24) is 9.55 Å². The Morgan fingerprint density at radius 2 is 2.33 bits per heavy atom. The second kappa shape index (κ2) is 5.35. The first kappa shape index (κ1) is 12.8. The van der Waals surface area contributed by atoms with Crippen LogP contribution in [0.15, 0.2) is 17.6 Å². The van der Waals surface area contributed by atoms with E-state index in [0.29, 0.717) is 12.1 Å². The average Bonchev–Trinajstić information content (AvgIpc) is 2.89. The molecule has 1 N–H and O–H groups in total. The first-order valence-electron chi connectivity index (χ1n) is 5.94. The third-order valence-electron chi connectivity index (χ3n) is 2.87. The Hall–Kier alpha value is -1.62. The number of aromatic carboxylic acids is 1. The van der Waals surface area contributed by atoms with E-state index >= 15 is 0 Å². The number of rotatable bonds is 5. The van der Waals surface area contributed by atoms with Crippen molar-refractivity contribution in [2.24, 2.45) is 0 Å². The molecule has 5 heteroatoms. The molecule has 0 aliphatic carbocycles. The van der Waals surface area contributed by atoms with E-state index in [1.54, 1.807) is 23.6 Å². The molecule has 18 heavy (non-hydrogen) atoms. The number of carboxylic acid groups (broad SMARTS) is 1. The molecule has 0 bridgehead atoms. The standard InChI is InChI=1S/C13H16N2O2S/c1-3-4-12-14-10(8-18-12)7-15-6-5-11(9(15)2)13(16)17/h5-6,8H,3-4,7H2,1-2H3,(H,16,17). The van der Waals surface area contributed by atoms with Gasteiger partial charge in [0.05, 0.1) is 22.8 Å². The predicted octanol–water partition coefficient (Wildman–Crippen LogP) is 2.95. The summed E-state index contributed by atoms with van der Waals surface area (Å²) in [4.78, 5) is 15.5. The minimum absolute atomic E-state index is 0.360. The topological polar surface area (TPSA) is 55.1 Å². The second-order valence-corrected chi connectivity index (χ2v) is 5.17. The third kappa shape index (κ3) is 2.61. The molecule has 0 atom stereocenters. The molecule has 0 amide bonds. The zero-order chi connectivity index (χ0) is 13.1. The van der Waals surface area contributed by atoms with Gasteiger partial charge in [0.2, 0.25) is 0 Å². The first-order chi connectivity index (χ1) is 8.61. The van der Waals surface area contributed by atoms with Crippen molar-refractivity contribution in [3.63, 3.8) is 0 Å². The molecular formula is C13H16N2O2S. The van der Waals surface area contributed by atoms with Crippen molar-refractivity contribution < 1.29 is 9.90 Å². The highest BCUT2D eigenvalue weighted by atomic mass is 32.1. The van der Waals surface area contributed by atoms with Gasteiger partial charge in [-0.2, -0.15) is 0 Å². The molecule has 2 aromatic rings. The molecule has 0 fully saturated rings. The molecule has 0 unspecified atom stereocenters. The number of thiazole rings is 1. The monoisotopic (exact) mass is 264 g/mol. The van der Waals surface area contributed by atoms with Gasteiger partial charge < -0.3 is 9.67 Å². The summed E-state index contributed by atoms with van der Waals surface area (Å²) in [5.74, 6) is -0.879. The molecule has 0 aliphatic heterocycles. The summed E-state index contributed by atoms with van der Waals surface area (Å²) in [5, 5.41) is 12.2. The lowest BCUT2D eigenvalue weighted by atomic mass is 10.2. The lowest BCUT2D eigenvalue weighted by Crippen LogP contribution is -2.04. The SMILES string of the molecule is CCCc1nc(Cn2ccc(C(=O)O)c2C)cs1. The molecule has 0 radical (unpaired) electrons. The Balaban J connectivity index is 2.15. The van der Waals surface area contributed by atoms with Crippen molar-refractivity contribution in [3.8, 4) is 0 Å². The lowest BCUT2D eigenvalue weighted by molar-refractivity contribution is 0.0696. The number of aromatic nitrogens is 2. The molecule has 0 aliphatic rings. The highest BCUT2D eigenvalue weighted by molar-refractivity contribution is 7.09. The summed E-state index contributed by atoms with van der Waals surface area (Å²) in [7, 11) is 0. The first-order valence-corrected chi connectivity index (χ1v) is 6.82. The van der Waals surface area contributed by atoms with Crippen LogP contribution < -0.4 is 0 Å². The van der Waals surface area contributed by atoms with Crippen LogP contribution in [0.1, 0.15) is 40.1 Å². The van der Waals surface area contributed by atoms with Crippen LogP contribution >= 0.6 is 11.3 Å². The number of carboxylic acids is 1. The van der Waals surface area contributed by atoms with Gasteiger partial charge in [0.15, 0.2) is 0 Å². The number of hydrogen-bond acceptors (Lipinski definition) is 3. The summed E-state index contributed by atoms with van der Waals surface area (Å²) in [6.45, 7) is 4.60. The fraction of sp³-hybridized carbons (Fsp3) is 0.385. The quantitative estimate of drug-likeness (QED) is 0.903. The summed E-state index contributed by atoms with van der Waals surface area (Å²) in [5.41, 5.74) is 2.13. The highest BCUT2D eigenvalue weighted by Gasteiger charge is 2.12. The Morgan fingerprint density at radius 1 is 1.56 bits per heavy atom. The van der Waals surface area contributed by atoms with Crippen LogP contribution in [-0.2, 0) is 13.0 Å².